The summed E-state index contributed by atoms with van der Waals surface area (Å²) in [4.78, 5) is 2.55. The van der Waals surface area contributed by atoms with Crippen molar-refractivity contribution in [3.63, 3.8) is 0 Å². The summed E-state index contributed by atoms with van der Waals surface area (Å²) >= 11 is 13.8. The number of halogens is 2. The maximum absolute atomic E-state index is 6.02. The lowest BCUT2D eigenvalue weighted by Gasteiger charge is -2.06. The Hall–Kier alpha value is -0.540. The summed E-state index contributed by atoms with van der Waals surface area (Å²) in [6.07, 6.45) is 1.01. The lowest BCUT2D eigenvalue weighted by molar-refractivity contribution is 0.701. The van der Waals surface area contributed by atoms with Crippen LogP contribution in [0.4, 0.5) is 0 Å². The minimum absolute atomic E-state index is 0.503. The van der Waals surface area contributed by atoms with Crippen LogP contribution in [0.1, 0.15) is 24.1 Å². The minimum Gasteiger partial charge on any atom is -0.330 e. The van der Waals surface area contributed by atoms with Crippen LogP contribution in [0, 0.1) is 0 Å². The van der Waals surface area contributed by atoms with Gasteiger partial charge in [0.1, 0.15) is 0 Å². The molecule has 0 spiro atoms. The van der Waals surface area contributed by atoms with Crippen molar-refractivity contribution in [3.05, 3.63) is 45.3 Å². The molecule has 18 heavy (non-hydrogen) atoms. The number of hydrogen-bond acceptors (Lipinski definition) is 2. The molecule has 2 rings (SSSR count). The van der Waals surface area contributed by atoms with E-state index in [1.165, 1.54) is 9.75 Å². The first kappa shape index (κ1) is 13.9. The van der Waals surface area contributed by atoms with Gasteiger partial charge in [-0.1, -0.05) is 30.1 Å². The lowest BCUT2D eigenvalue weighted by Crippen LogP contribution is -2.03. The highest BCUT2D eigenvalue weighted by Gasteiger charge is 2.10. The minimum atomic E-state index is 0.503. The zero-order valence-corrected chi connectivity index (χ0v) is 12.4. The summed E-state index contributed by atoms with van der Waals surface area (Å²) in [5, 5.41) is 1.34. The molecule has 1 aromatic heterocycles. The van der Waals surface area contributed by atoms with E-state index in [4.69, 9.17) is 28.9 Å². The van der Waals surface area contributed by atoms with Crippen molar-refractivity contribution in [2.24, 2.45) is 5.73 Å². The Kier molecular flexibility index (Phi) is 4.68. The SMILES string of the molecule is CC(CCN)c1ccc(-c2cc(Cl)cc(Cl)c2)s1. The average molecular weight is 300 g/mol. The van der Waals surface area contributed by atoms with Gasteiger partial charge in [0.05, 0.1) is 0 Å². The number of rotatable bonds is 4. The van der Waals surface area contributed by atoms with Crippen LogP contribution in [0.3, 0.4) is 0 Å². The van der Waals surface area contributed by atoms with Gasteiger partial charge in [-0.25, -0.2) is 0 Å². The number of hydrogen-bond donors (Lipinski definition) is 1. The molecular formula is C14H15Cl2NS. The summed E-state index contributed by atoms with van der Waals surface area (Å²) in [7, 11) is 0. The third-order valence-electron chi connectivity index (χ3n) is 2.86. The number of thiophene rings is 1. The van der Waals surface area contributed by atoms with E-state index in [1.807, 2.05) is 12.1 Å². The monoisotopic (exact) mass is 299 g/mol. The maximum atomic E-state index is 6.02. The molecule has 4 heteroatoms. The van der Waals surface area contributed by atoms with Gasteiger partial charge in [-0.15, -0.1) is 11.3 Å². The molecule has 0 bridgehead atoms. The molecule has 0 radical (unpaired) electrons. The fourth-order valence-electron chi connectivity index (χ4n) is 1.86. The first-order chi connectivity index (χ1) is 8.60. The molecule has 0 amide bonds. The van der Waals surface area contributed by atoms with Crippen molar-refractivity contribution in [2.45, 2.75) is 19.3 Å². The van der Waals surface area contributed by atoms with E-state index < -0.39 is 0 Å². The van der Waals surface area contributed by atoms with Crippen molar-refractivity contribution in [1.82, 2.24) is 0 Å². The fourth-order valence-corrected chi connectivity index (χ4v) is 3.47. The molecule has 0 saturated heterocycles. The molecule has 0 aliphatic carbocycles. The van der Waals surface area contributed by atoms with Crippen molar-refractivity contribution < 1.29 is 0 Å². The molecule has 1 unspecified atom stereocenters. The average Bonchev–Trinajstić information content (AvgIpc) is 2.77. The predicted octanol–water partition coefficient (Wildman–Crippen LogP) is 5.17. The van der Waals surface area contributed by atoms with Crippen LogP contribution in [0.15, 0.2) is 30.3 Å². The molecule has 0 aliphatic rings. The molecule has 1 aromatic carbocycles. The fraction of sp³-hybridized carbons (Fsp3) is 0.286. The molecule has 1 heterocycles. The van der Waals surface area contributed by atoms with Gasteiger partial charge in [0, 0.05) is 19.8 Å². The van der Waals surface area contributed by atoms with Crippen LogP contribution in [-0.4, -0.2) is 6.54 Å². The number of benzene rings is 1. The smallest absolute Gasteiger partial charge is 0.0427 e. The molecule has 96 valence electrons. The topological polar surface area (TPSA) is 26.0 Å². The molecular weight excluding hydrogens is 285 g/mol. The highest BCUT2D eigenvalue weighted by atomic mass is 35.5. The van der Waals surface area contributed by atoms with Gasteiger partial charge in [-0.05, 0) is 54.8 Å². The Morgan fingerprint density at radius 2 is 1.83 bits per heavy atom. The third kappa shape index (κ3) is 3.27. The van der Waals surface area contributed by atoms with Crippen molar-refractivity contribution in [1.29, 1.82) is 0 Å². The van der Waals surface area contributed by atoms with Crippen LogP contribution < -0.4 is 5.73 Å². The second-order valence-electron chi connectivity index (χ2n) is 4.34. The van der Waals surface area contributed by atoms with Crippen LogP contribution in [0.2, 0.25) is 10.0 Å². The van der Waals surface area contributed by atoms with E-state index in [1.54, 1.807) is 17.4 Å². The molecule has 0 aliphatic heterocycles. The Labute approximate surface area is 122 Å². The zero-order valence-electron chi connectivity index (χ0n) is 10.1. The summed E-state index contributed by atoms with van der Waals surface area (Å²) < 4.78 is 0. The molecule has 1 atom stereocenters. The summed E-state index contributed by atoms with van der Waals surface area (Å²) in [5.74, 6) is 0.503. The van der Waals surface area contributed by atoms with Crippen LogP contribution in [0.5, 0.6) is 0 Å². The van der Waals surface area contributed by atoms with Crippen molar-refractivity contribution >= 4 is 34.5 Å². The van der Waals surface area contributed by atoms with Gasteiger partial charge in [-0.3, -0.25) is 0 Å². The lowest BCUT2D eigenvalue weighted by atomic mass is 10.1. The summed E-state index contributed by atoms with van der Waals surface area (Å²) in [6, 6.07) is 9.91. The van der Waals surface area contributed by atoms with Crippen molar-refractivity contribution in [3.8, 4) is 10.4 Å². The molecule has 2 aromatic rings. The highest BCUT2D eigenvalue weighted by Crippen LogP contribution is 2.35. The largest absolute Gasteiger partial charge is 0.330 e. The van der Waals surface area contributed by atoms with E-state index in [-0.39, 0.29) is 0 Å². The third-order valence-corrected chi connectivity index (χ3v) is 4.66. The molecule has 0 saturated carbocycles. The van der Waals surface area contributed by atoms with Crippen LogP contribution in [-0.2, 0) is 0 Å². The van der Waals surface area contributed by atoms with Gasteiger partial charge < -0.3 is 5.73 Å². The normalized spacial score (nSPS) is 12.7. The van der Waals surface area contributed by atoms with E-state index in [0.717, 1.165) is 18.5 Å². The quantitative estimate of drug-likeness (QED) is 0.827. The summed E-state index contributed by atoms with van der Waals surface area (Å²) in [6.45, 7) is 2.92. The Bertz CT molecular complexity index is 516. The van der Waals surface area contributed by atoms with Crippen LogP contribution in [0.25, 0.3) is 10.4 Å². The summed E-state index contributed by atoms with van der Waals surface area (Å²) in [5.41, 5.74) is 6.67. The van der Waals surface area contributed by atoms with E-state index in [9.17, 15) is 0 Å². The standard InChI is InChI=1S/C14H15Cl2NS/c1-9(4-5-17)13-2-3-14(18-13)10-6-11(15)8-12(16)7-10/h2-3,6-9H,4-5,17H2,1H3. The van der Waals surface area contributed by atoms with E-state index in [0.29, 0.717) is 16.0 Å². The zero-order chi connectivity index (χ0) is 13.1. The predicted molar refractivity (Wildman–Crippen MR) is 81.9 cm³/mol. The van der Waals surface area contributed by atoms with Gasteiger partial charge >= 0.3 is 0 Å². The second-order valence-corrected chi connectivity index (χ2v) is 6.33. The van der Waals surface area contributed by atoms with E-state index in [2.05, 4.69) is 19.1 Å². The van der Waals surface area contributed by atoms with Gasteiger partial charge in [-0.2, -0.15) is 0 Å². The van der Waals surface area contributed by atoms with Gasteiger partial charge in [0.25, 0.3) is 0 Å². The Balaban J connectivity index is 2.29. The first-order valence-corrected chi connectivity index (χ1v) is 7.43. The van der Waals surface area contributed by atoms with Crippen LogP contribution >= 0.6 is 34.5 Å². The van der Waals surface area contributed by atoms with Gasteiger partial charge in [0.15, 0.2) is 0 Å². The second kappa shape index (κ2) is 6.07. The van der Waals surface area contributed by atoms with Gasteiger partial charge in [0.2, 0.25) is 0 Å². The van der Waals surface area contributed by atoms with E-state index >= 15 is 0 Å². The molecule has 2 N–H and O–H groups in total. The Morgan fingerprint density at radius 1 is 1.17 bits per heavy atom. The maximum Gasteiger partial charge on any atom is 0.0427 e. The number of nitrogens with two attached hydrogens (primary N) is 1. The molecule has 1 nitrogen and oxygen atoms in total. The molecule has 0 fully saturated rings. The Morgan fingerprint density at radius 3 is 2.44 bits per heavy atom. The highest BCUT2D eigenvalue weighted by molar-refractivity contribution is 7.15. The van der Waals surface area contributed by atoms with Crippen molar-refractivity contribution in [2.75, 3.05) is 6.54 Å². The first-order valence-electron chi connectivity index (χ1n) is 5.86.